The maximum atomic E-state index is 10.5. The Bertz CT molecular complexity index is 359. The summed E-state index contributed by atoms with van der Waals surface area (Å²) in [6.07, 6.45) is 1.63. The monoisotopic (exact) mass is 382 g/mol. The summed E-state index contributed by atoms with van der Waals surface area (Å²) in [5.74, 6) is 0. The lowest BCUT2D eigenvalue weighted by Crippen LogP contribution is -2.36. The molecule has 0 fully saturated rings. The summed E-state index contributed by atoms with van der Waals surface area (Å²) in [6.45, 7) is 0. The molecule has 0 radical (unpaired) electrons. The molecule has 0 bridgehead atoms. The Labute approximate surface area is 108 Å². The van der Waals surface area contributed by atoms with Gasteiger partial charge in [0.15, 0.2) is 2.14 Å². The van der Waals surface area contributed by atoms with Crippen molar-refractivity contribution in [2.75, 3.05) is 0 Å². The lowest BCUT2D eigenvalue weighted by atomic mass is 9.99. The molecule has 1 aliphatic carbocycles. The summed E-state index contributed by atoms with van der Waals surface area (Å²) in [7, 11) is 0. The predicted octanol–water partition coefficient (Wildman–Crippen LogP) is 3.66. The maximum Gasteiger partial charge on any atom is 0.167 e. The first-order valence-electron chi connectivity index (χ1n) is 4.33. The normalized spacial score (nSPS) is 26.3. The van der Waals surface area contributed by atoms with Crippen molar-refractivity contribution in [1.82, 2.24) is 0 Å². The number of halogens is 3. The van der Waals surface area contributed by atoms with Gasteiger partial charge < -0.3 is 5.11 Å². The van der Waals surface area contributed by atoms with Crippen LogP contribution in [-0.2, 0) is 12.0 Å². The van der Waals surface area contributed by atoms with E-state index in [0.717, 1.165) is 12.0 Å². The largest absolute Gasteiger partial charge is 0.382 e. The lowest BCUT2D eigenvalue weighted by Gasteiger charge is -2.32. The van der Waals surface area contributed by atoms with E-state index in [1.807, 2.05) is 18.2 Å². The number of hydrogen-bond acceptors (Lipinski definition) is 1. The molecular formula is C10H9Br3O. The third kappa shape index (κ3) is 1.60. The molecule has 14 heavy (non-hydrogen) atoms. The van der Waals surface area contributed by atoms with Gasteiger partial charge in [0.1, 0.15) is 5.60 Å². The SMILES string of the molecule is O[C@@]1(C(Br)(Br)Br)CCc2ccccc21. The third-order valence-electron chi connectivity index (χ3n) is 2.69. The zero-order valence-electron chi connectivity index (χ0n) is 7.30. The fraction of sp³-hybridized carbons (Fsp3) is 0.400. The van der Waals surface area contributed by atoms with E-state index in [-0.39, 0.29) is 0 Å². The number of rotatable bonds is 0. The van der Waals surface area contributed by atoms with Crippen LogP contribution in [0.4, 0.5) is 0 Å². The maximum absolute atomic E-state index is 10.5. The highest BCUT2D eigenvalue weighted by Gasteiger charge is 2.50. The van der Waals surface area contributed by atoms with E-state index in [2.05, 4.69) is 53.9 Å². The molecule has 76 valence electrons. The van der Waals surface area contributed by atoms with Crippen molar-refractivity contribution in [1.29, 1.82) is 0 Å². The smallest absolute Gasteiger partial charge is 0.167 e. The topological polar surface area (TPSA) is 20.2 Å². The molecule has 0 unspecified atom stereocenters. The zero-order chi connectivity index (χ0) is 10.4. The molecule has 0 amide bonds. The van der Waals surface area contributed by atoms with Crippen molar-refractivity contribution in [2.24, 2.45) is 0 Å². The first-order chi connectivity index (χ1) is 6.45. The van der Waals surface area contributed by atoms with Gasteiger partial charge in [0.05, 0.1) is 0 Å². The molecule has 1 aromatic rings. The predicted molar refractivity (Wildman–Crippen MR) is 68.2 cm³/mol. The molecule has 0 saturated carbocycles. The summed E-state index contributed by atoms with van der Waals surface area (Å²) in [5.41, 5.74) is 1.33. The molecule has 0 aromatic heterocycles. The molecule has 1 nitrogen and oxygen atoms in total. The Balaban J connectivity index is 2.53. The molecule has 0 heterocycles. The van der Waals surface area contributed by atoms with Crippen molar-refractivity contribution in [3.8, 4) is 0 Å². The molecular weight excluding hydrogens is 376 g/mol. The fourth-order valence-corrected chi connectivity index (χ4v) is 3.12. The highest BCUT2D eigenvalue weighted by Crippen LogP contribution is 2.55. The van der Waals surface area contributed by atoms with Crippen molar-refractivity contribution < 1.29 is 5.11 Å². The number of alkyl halides is 3. The number of benzene rings is 1. The highest BCUT2D eigenvalue weighted by atomic mass is 80.0. The second kappa shape index (κ2) is 3.58. The van der Waals surface area contributed by atoms with E-state index < -0.39 is 7.74 Å². The molecule has 1 aromatic carbocycles. The minimum atomic E-state index is -0.885. The van der Waals surface area contributed by atoms with Crippen LogP contribution in [0.5, 0.6) is 0 Å². The van der Waals surface area contributed by atoms with Crippen LogP contribution in [0.3, 0.4) is 0 Å². The van der Waals surface area contributed by atoms with E-state index in [4.69, 9.17) is 0 Å². The average molecular weight is 385 g/mol. The molecule has 1 atom stereocenters. The van der Waals surface area contributed by atoms with Crippen LogP contribution in [0.25, 0.3) is 0 Å². The Morgan fingerprint density at radius 2 is 1.86 bits per heavy atom. The first-order valence-corrected chi connectivity index (χ1v) is 6.70. The van der Waals surface area contributed by atoms with Crippen molar-refractivity contribution >= 4 is 47.8 Å². The van der Waals surface area contributed by atoms with Gasteiger partial charge in [0.25, 0.3) is 0 Å². The molecule has 1 N–H and O–H groups in total. The number of hydrogen-bond donors (Lipinski definition) is 1. The van der Waals surface area contributed by atoms with E-state index in [1.54, 1.807) is 0 Å². The number of aryl methyl sites for hydroxylation is 1. The molecule has 0 saturated heterocycles. The van der Waals surface area contributed by atoms with E-state index in [0.29, 0.717) is 6.42 Å². The lowest BCUT2D eigenvalue weighted by molar-refractivity contribution is 0.0535. The van der Waals surface area contributed by atoms with Gasteiger partial charge in [-0.2, -0.15) is 0 Å². The van der Waals surface area contributed by atoms with Gasteiger partial charge in [-0.1, -0.05) is 72.1 Å². The average Bonchev–Trinajstić information content (AvgIpc) is 2.45. The van der Waals surface area contributed by atoms with Crippen LogP contribution in [-0.4, -0.2) is 7.25 Å². The second-order valence-electron chi connectivity index (χ2n) is 3.52. The van der Waals surface area contributed by atoms with E-state index in [1.165, 1.54) is 5.56 Å². The summed E-state index contributed by atoms with van der Waals surface area (Å²) in [6, 6.07) is 7.99. The summed E-state index contributed by atoms with van der Waals surface area (Å²) >= 11 is 10.2. The quantitative estimate of drug-likeness (QED) is 0.677. The van der Waals surface area contributed by atoms with Crippen LogP contribution < -0.4 is 0 Å². The van der Waals surface area contributed by atoms with Crippen molar-refractivity contribution in [3.05, 3.63) is 35.4 Å². The van der Waals surface area contributed by atoms with Crippen LogP contribution in [0, 0.1) is 0 Å². The summed E-state index contributed by atoms with van der Waals surface area (Å²) in [4.78, 5) is 0. The van der Waals surface area contributed by atoms with Gasteiger partial charge in [0, 0.05) is 0 Å². The Morgan fingerprint density at radius 3 is 2.50 bits per heavy atom. The van der Waals surface area contributed by atoms with Crippen LogP contribution in [0.15, 0.2) is 24.3 Å². The Morgan fingerprint density at radius 1 is 1.21 bits per heavy atom. The summed E-state index contributed by atoms with van der Waals surface area (Å²) in [5, 5.41) is 10.5. The third-order valence-corrected chi connectivity index (χ3v) is 4.66. The van der Waals surface area contributed by atoms with Gasteiger partial charge in [-0.05, 0) is 24.0 Å². The Kier molecular flexibility index (Phi) is 2.84. The molecule has 0 spiro atoms. The summed E-state index contributed by atoms with van der Waals surface area (Å²) < 4.78 is -0.646. The van der Waals surface area contributed by atoms with Gasteiger partial charge in [0.2, 0.25) is 0 Å². The van der Waals surface area contributed by atoms with Gasteiger partial charge in [-0.3, -0.25) is 0 Å². The molecule has 0 aliphatic heterocycles. The van der Waals surface area contributed by atoms with Crippen LogP contribution in [0.2, 0.25) is 0 Å². The highest BCUT2D eigenvalue weighted by molar-refractivity contribution is 9.39. The number of fused-ring (bicyclic) bond motifs is 1. The van der Waals surface area contributed by atoms with Crippen LogP contribution in [0.1, 0.15) is 17.5 Å². The minimum absolute atomic E-state index is 0.646. The molecule has 2 rings (SSSR count). The van der Waals surface area contributed by atoms with Gasteiger partial charge >= 0.3 is 0 Å². The molecule has 4 heteroatoms. The minimum Gasteiger partial charge on any atom is -0.382 e. The van der Waals surface area contributed by atoms with E-state index in [9.17, 15) is 5.11 Å². The van der Waals surface area contributed by atoms with Gasteiger partial charge in [-0.25, -0.2) is 0 Å². The van der Waals surface area contributed by atoms with Crippen molar-refractivity contribution in [3.63, 3.8) is 0 Å². The van der Waals surface area contributed by atoms with Crippen LogP contribution >= 0.6 is 47.8 Å². The zero-order valence-corrected chi connectivity index (χ0v) is 12.1. The fourth-order valence-electron chi connectivity index (χ4n) is 1.89. The second-order valence-corrected chi connectivity index (χ2v) is 10.3. The van der Waals surface area contributed by atoms with Crippen molar-refractivity contribution in [2.45, 2.75) is 20.6 Å². The molecule has 1 aliphatic rings. The van der Waals surface area contributed by atoms with E-state index >= 15 is 0 Å². The van der Waals surface area contributed by atoms with Gasteiger partial charge in [-0.15, -0.1) is 0 Å². The number of aliphatic hydroxyl groups is 1. The Hall–Kier alpha value is 0.620. The first kappa shape index (κ1) is 11.1. The standard InChI is InChI=1S/C10H9Br3O/c11-10(12,13)9(14)6-5-7-3-1-2-4-8(7)9/h1-4,14H,5-6H2/t9-/m0/s1.